The van der Waals surface area contributed by atoms with Crippen molar-refractivity contribution in [2.45, 2.75) is 19.4 Å². The summed E-state index contributed by atoms with van der Waals surface area (Å²) >= 11 is 0. The highest BCUT2D eigenvalue weighted by molar-refractivity contribution is 6.01. The molecule has 118 valence electrons. The largest absolute Gasteiger partial charge is 0.454 e. The van der Waals surface area contributed by atoms with Crippen LogP contribution in [0.15, 0.2) is 18.2 Å². The number of hydrogen-bond acceptors (Lipinski definition) is 6. The molecule has 2 aliphatic heterocycles. The van der Waals surface area contributed by atoms with Crippen LogP contribution in [0.3, 0.4) is 0 Å². The third-order valence-electron chi connectivity index (χ3n) is 3.61. The van der Waals surface area contributed by atoms with E-state index in [0.29, 0.717) is 29.0 Å². The van der Waals surface area contributed by atoms with E-state index in [-0.39, 0.29) is 25.0 Å². The minimum Gasteiger partial charge on any atom is -0.454 e. The van der Waals surface area contributed by atoms with Gasteiger partial charge in [-0.15, -0.1) is 0 Å². The van der Waals surface area contributed by atoms with Crippen LogP contribution in [0, 0.1) is 6.92 Å². The Morgan fingerprint density at radius 3 is 3.13 bits per heavy atom. The standard InChI is InChI=1S/C14H13N5O4/c1-7-15-14-17-13(21)9(19(14)18-7)5-12(20)16-8-2-3-10-11(4-8)23-6-22-10/h2-4,9H,5-6H2,1H3,(H,16,20)(H,15,17,18,21). The Kier molecular flexibility index (Phi) is 2.93. The minimum absolute atomic E-state index is 0.0317. The number of ether oxygens (including phenoxy) is 2. The summed E-state index contributed by atoms with van der Waals surface area (Å²) < 4.78 is 11.9. The number of aryl methyl sites for hydroxylation is 1. The van der Waals surface area contributed by atoms with Gasteiger partial charge in [-0.05, 0) is 19.1 Å². The van der Waals surface area contributed by atoms with Gasteiger partial charge in [0.1, 0.15) is 11.9 Å². The predicted octanol–water partition coefficient (Wildman–Crippen LogP) is 0.837. The second kappa shape index (κ2) is 4.97. The first-order valence-corrected chi connectivity index (χ1v) is 7.03. The van der Waals surface area contributed by atoms with E-state index in [2.05, 4.69) is 20.7 Å². The van der Waals surface area contributed by atoms with Crippen LogP contribution in [-0.4, -0.2) is 33.4 Å². The number of carbonyl (C=O) groups is 2. The van der Waals surface area contributed by atoms with Crippen LogP contribution in [0.4, 0.5) is 11.6 Å². The predicted molar refractivity (Wildman–Crippen MR) is 78.2 cm³/mol. The van der Waals surface area contributed by atoms with Crippen molar-refractivity contribution in [1.29, 1.82) is 0 Å². The third-order valence-corrected chi connectivity index (χ3v) is 3.61. The summed E-state index contributed by atoms with van der Waals surface area (Å²) in [5, 5.41) is 9.48. The number of nitrogens with zero attached hydrogens (tertiary/aromatic N) is 3. The maximum atomic E-state index is 12.2. The first-order valence-electron chi connectivity index (χ1n) is 7.03. The number of fused-ring (bicyclic) bond motifs is 2. The lowest BCUT2D eigenvalue weighted by Gasteiger charge is -2.10. The second-order valence-electron chi connectivity index (χ2n) is 5.25. The molecule has 3 heterocycles. The Balaban J connectivity index is 1.47. The first-order chi connectivity index (χ1) is 11.1. The molecule has 0 saturated carbocycles. The van der Waals surface area contributed by atoms with Gasteiger partial charge in [0.2, 0.25) is 18.6 Å². The van der Waals surface area contributed by atoms with Gasteiger partial charge in [0.05, 0.1) is 6.42 Å². The highest BCUT2D eigenvalue weighted by Gasteiger charge is 2.34. The second-order valence-corrected chi connectivity index (χ2v) is 5.25. The van der Waals surface area contributed by atoms with E-state index < -0.39 is 6.04 Å². The van der Waals surface area contributed by atoms with Gasteiger partial charge < -0.3 is 14.8 Å². The lowest BCUT2D eigenvalue weighted by molar-refractivity contribution is -0.123. The zero-order valence-corrected chi connectivity index (χ0v) is 12.2. The van der Waals surface area contributed by atoms with E-state index in [1.54, 1.807) is 25.1 Å². The van der Waals surface area contributed by atoms with E-state index >= 15 is 0 Å². The number of amides is 2. The highest BCUT2D eigenvalue weighted by Crippen LogP contribution is 2.34. The molecule has 9 heteroatoms. The van der Waals surface area contributed by atoms with Crippen molar-refractivity contribution in [3.63, 3.8) is 0 Å². The fourth-order valence-electron chi connectivity index (χ4n) is 2.58. The van der Waals surface area contributed by atoms with Crippen LogP contribution >= 0.6 is 0 Å². The monoisotopic (exact) mass is 315 g/mol. The molecule has 2 aliphatic rings. The van der Waals surface area contributed by atoms with Gasteiger partial charge in [-0.25, -0.2) is 4.68 Å². The molecule has 1 aromatic carbocycles. The number of nitrogens with one attached hydrogen (secondary N) is 2. The summed E-state index contributed by atoms with van der Waals surface area (Å²) in [6.45, 7) is 1.89. The van der Waals surface area contributed by atoms with Crippen molar-refractivity contribution in [3.05, 3.63) is 24.0 Å². The minimum atomic E-state index is -0.694. The molecule has 0 radical (unpaired) electrons. The molecule has 1 aromatic heterocycles. The van der Waals surface area contributed by atoms with E-state index in [1.807, 2.05) is 0 Å². The molecule has 2 amide bonds. The Morgan fingerprint density at radius 1 is 1.43 bits per heavy atom. The van der Waals surface area contributed by atoms with Crippen molar-refractivity contribution in [3.8, 4) is 11.5 Å². The molecule has 0 fully saturated rings. The number of hydrogen-bond donors (Lipinski definition) is 2. The summed E-state index contributed by atoms with van der Waals surface area (Å²) in [7, 11) is 0. The molecule has 0 spiro atoms. The molecule has 23 heavy (non-hydrogen) atoms. The highest BCUT2D eigenvalue weighted by atomic mass is 16.7. The molecule has 1 atom stereocenters. The van der Waals surface area contributed by atoms with Gasteiger partial charge in [-0.1, -0.05) is 0 Å². The summed E-state index contributed by atoms with van der Waals surface area (Å²) in [6.07, 6.45) is -0.0317. The van der Waals surface area contributed by atoms with Crippen LogP contribution < -0.4 is 20.1 Å². The quantitative estimate of drug-likeness (QED) is 0.869. The van der Waals surface area contributed by atoms with Crippen LogP contribution in [-0.2, 0) is 9.59 Å². The van der Waals surface area contributed by atoms with Crippen molar-refractivity contribution in [1.82, 2.24) is 14.8 Å². The average Bonchev–Trinajstić information content (AvgIpc) is 3.16. The van der Waals surface area contributed by atoms with Gasteiger partial charge in [-0.2, -0.15) is 10.1 Å². The normalized spacial score (nSPS) is 17.8. The van der Waals surface area contributed by atoms with E-state index in [0.717, 1.165) is 0 Å². The van der Waals surface area contributed by atoms with Gasteiger partial charge >= 0.3 is 0 Å². The molecule has 9 nitrogen and oxygen atoms in total. The fraction of sp³-hybridized carbons (Fsp3) is 0.286. The van der Waals surface area contributed by atoms with Crippen molar-refractivity contribution >= 4 is 23.5 Å². The number of anilines is 2. The molecule has 0 saturated heterocycles. The Bertz CT molecular complexity index is 815. The van der Waals surface area contributed by atoms with Crippen LogP contribution in [0.1, 0.15) is 18.3 Å². The molecular formula is C14H13N5O4. The van der Waals surface area contributed by atoms with Gasteiger partial charge in [0.15, 0.2) is 11.5 Å². The zero-order valence-electron chi connectivity index (χ0n) is 12.2. The third kappa shape index (κ3) is 2.35. The lowest BCUT2D eigenvalue weighted by atomic mass is 10.2. The number of benzene rings is 1. The maximum Gasteiger partial charge on any atom is 0.252 e. The van der Waals surface area contributed by atoms with Crippen molar-refractivity contribution in [2.75, 3.05) is 17.4 Å². The smallest absolute Gasteiger partial charge is 0.252 e. The summed E-state index contributed by atoms with van der Waals surface area (Å²) in [5.41, 5.74) is 0.577. The SMILES string of the molecule is Cc1nc2n(n1)C(CC(=O)Nc1ccc3c(c1)OCO3)C(=O)N2. The maximum absolute atomic E-state index is 12.2. The summed E-state index contributed by atoms with van der Waals surface area (Å²) in [4.78, 5) is 28.2. The average molecular weight is 315 g/mol. The van der Waals surface area contributed by atoms with E-state index in [1.165, 1.54) is 4.68 Å². The Morgan fingerprint density at radius 2 is 2.26 bits per heavy atom. The number of carbonyl (C=O) groups excluding carboxylic acids is 2. The molecular weight excluding hydrogens is 302 g/mol. The van der Waals surface area contributed by atoms with Crippen LogP contribution in [0.25, 0.3) is 0 Å². The lowest BCUT2D eigenvalue weighted by Crippen LogP contribution is -2.23. The Hall–Kier alpha value is -3.10. The topological polar surface area (TPSA) is 107 Å². The molecule has 0 bridgehead atoms. The van der Waals surface area contributed by atoms with Gasteiger partial charge in [0, 0.05) is 11.8 Å². The van der Waals surface area contributed by atoms with Crippen molar-refractivity contribution in [2.24, 2.45) is 0 Å². The molecule has 2 N–H and O–H groups in total. The van der Waals surface area contributed by atoms with E-state index in [9.17, 15) is 9.59 Å². The Labute approximate surface area is 130 Å². The molecule has 1 unspecified atom stereocenters. The molecule has 0 aliphatic carbocycles. The zero-order chi connectivity index (χ0) is 16.0. The molecule has 2 aromatic rings. The van der Waals surface area contributed by atoms with E-state index in [4.69, 9.17) is 9.47 Å². The number of rotatable bonds is 3. The van der Waals surface area contributed by atoms with Gasteiger partial charge in [0.25, 0.3) is 5.91 Å². The van der Waals surface area contributed by atoms with Gasteiger partial charge in [-0.3, -0.25) is 14.9 Å². The van der Waals surface area contributed by atoms with Crippen molar-refractivity contribution < 1.29 is 19.1 Å². The number of aromatic nitrogens is 3. The fourth-order valence-corrected chi connectivity index (χ4v) is 2.58. The molecule has 4 rings (SSSR count). The summed E-state index contributed by atoms with van der Waals surface area (Å²) in [6, 6.07) is 4.42. The van der Waals surface area contributed by atoms with Crippen LogP contribution in [0.2, 0.25) is 0 Å². The van der Waals surface area contributed by atoms with Crippen LogP contribution in [0.5, 0.6) is 11.5 Å². The summed E-state index contributed by atoms with van der Waals surface area (Å²) in [5.74, 6) is 1.54. The first kappa shape index (κ1) is 13.6.